The number of anilines is 2. The van der Waals surface area contributed by atoms with E-state index in [4.69, 9.17) is 11.6 Å². The number of aryl methyl sites for hydroxylation is 1. The maximum Gasteiger partial charge on any atom is 0.323 e. The first kappa shape index (κ1) is 15.0. The zero-order chi connectivity index (χ0) is 16.2. The lowest BCUT2D eigenvalue weighted by atomic mass is 10.3. The van der Waals surface area contributed by atoms with Crippen LogP contribution >= 0.6 is 11.6 Å². The summed E-state index contributed by atoms with van der Waals surface area (Å²) < 4.78 is 1.75. The van der Waals surface area contributed by atoms with Gasteiger partial charge in [0.25, 0.3) is 0 Å². The molecule has 0 saturated heterocycles. The first-order chi connectivity index (χ1) is 11.1. The van der Waals surface area contributed by atoms with Gasteiger partial charge in [-0.1, -0.05) is 17.7 Å². The van der Waals surface area contributed by atoms with Crippen molar-refractivity contribution in [1.29, 1.82) is 0 Å². The van der Waals surface area contributed by atoms with Gasteiger partial charge in [-0.05, 0) is 25.1 Å². The SMILES string of the molecule is Cc1nccn1-c1ncc(NC(=O)Nc2cccc(Cl)c2)cn1. The Balaban J connectivity index is 1.66. The molecule has 116 valence electrons. The molecule has 2 heterocycles. The molecule has 8 heteroatoms. The van der Waals surface area contributed by atoms with E-state index in [2.05, 4.69) is 25.6 Å². The molecule has 3 aromatic rings. The number of nitrogens with zero attached hydrogens (tertiary/aromatic N) is 4. The number of aromatic nitrogens is 4. The molecular formula is C15H13ClN6O. The van der Waals surface area contributed by atoms with Crippen molar-refractivity contribution in [2.75, 3.05) is 10.6 Å². The van der Waals surface area contributed by atoms with Crippen molar-refractivity contribution in [3.63, 3.8) is 0 Å². The highest BCUT2D eigenvalue weighted by Crippen LogP contribution is 2.15. The Bertz CT molecular complexity index is 830. The maximum absolute atomic E-state index is 11.9. The summed E-state index contributed by atoms with van der Waals surface area (Å²) in [5.74, 6) is 1.27. The summed E-state index contributed by atoms with van der Waals surface area (Å²) in [6.45, 7) is 1.86. The molecule has 0 fully saturated rings. The summed E-state index contributed by atoms with van der Waals surface area (Å²) in [6, 6.07) is 6.48. The van der Waals surface area contributed by atoms with E-state index in [1.807, 2.05) is 6.92 Å². The van der Waals surface area contributed by atoms with Crippen LogP contribution in [0.25, 0.3) is 5.95 Å². The van der Waals surface area contributed by atoms with Crippen molar-refractivity contribution in [1.82, 2.24) is 19.5 Å². The molecule has 0 spiro atoms. The number of benzene rings is 1. The van der Waals surface area contributed by atoms with Crippen LogP contribution in [0.4, 0.5) is 16.2 Å². The second-order valence-corrected chi connectivity index (χ2v) is 5.14. The van der Waals surface area contributed by atoms with Gasteiger partial charge in [0, 0.05) is 23.1 Å². The van der Waals surface area contributed by atoms with Gasteiger partial charge in [-0.15, -0.1) is 0 Å². The van der Waals surface area contributed by atoms with Crippen molar-refractivity contribution in [3.05, 3.63) is 59.9 Å². The van der Waals surface area contributed by atoms with Crippen LogP contribution in [0.5, 0.6) is 0 Å². The number of hydrogen-bond acceptors (Lipinski definition) is 4. The predicted molar refractivity (Wildman–Crippen MR) is 88.0 cm³/mol. The molecular weight excluding hydrogens is 316 g/mol. The van der Waals surface area contributed by atoms with Crippen LogP contribution in [0.3, 0.4) is 0 Å². The van der Waals surface area contributed by atoms with Gasteiger partial charge in [0.15, 0.2) is 0 Å². The average Bonchev–Trinajstić information content (AvgIpc) is 2.94. The molecule has 0 unspecified atom stereocenters. The molecule has 7 nitrogen and oxygen atoms in total. The molecule has 0 aliphatic rings. The molecule has 2 N–H and O–H groups in total. The summed E-state index contributed by atoms with van der Waals surface area (Å²) in [5.41, 5.74) is 1.08. The van der Waals surface area contributed by atoms with Crippen molar-refractivity contribution < 1.29 is 4.79 Å². The number of halogens is 1. The van der Waals surface area contributed by atoms with E-state index >= 15 is 0 Å². The predicted octanol–water partition coefficient (Wildman–Crippen LogP) is 3.27. The normalized spacial score (nSPS) is 10.3. The molecule has 0 bridgehead atoms. The smallest absolute Gasteiger partial charge is 0.308 e. The quantitative estimate of drug-likeness (QED) is 0.772. The summed E-state index contributed by atoms with van der Waals surface area (Å²) in [7, 11) is 0. The van der Waals surface area contributed by atoms with E-state index < -0.39 is 6.03 Å². The Morgan fingerprint density at radius 2 is 1.87 bits per heavy atom. The lowest BCUT2D eigenvalue weighted by Crippen LogP contribution is -2.19. The summed E-state index contributed by atoms with van der Waals surface area (Å²) in [6.07, 6.45) is 6.49. The standard InChI is InChI=1S/C15H13ClN6O/c1-10-17-5-6-22(10)14-18-8-13(9-19-14)21-15(23)20-12-4-2-3-11(16)7-12/h2-9H,1H3,(H2,20,21,23). The van der Waals surface area contributed by atoms with Crippen molar-refractivity contribution in [2.24, 2.45) is 0 Å². The molecule has 23 heavy (non-hydrogen) atoms. The number of carbonyl (C=O) groups excluding carboxylic acids is 1. The molecule has 0 saturated carbocycles. The molecule has 1 aromatic carbocycles. The number of imidazole rings is 1. The van der Waals surface area contributed by atoms with Gasteiger partial charge in [0.2, 0.25) is 5.95 Å². The van der Waals surface area contributed by atoms with Crippen LogP contribution in [0.15, 0.2) is 49.1 Å². The van der Waals surface area contributed by atoms with Gasteiger partial charge in [0.05, 0.1) is 18.1 Å². The van der Waals surface area contributed by atoms with E-state index in [-0.39, 0.29) is 0 Å². The molecule has 0 aliphatic heterocycles. The minimum Gasteiger partial charge on any atom is -0.308 e. The van der Waals surface area contributed by atoms with Crippen molar-refractivity contribution >= 4 is 29.0 Å². The van der Waals surface area contributed by atoms with Gasteiger partial charge >= 0.3 is 6.03 Å². The van der Waals surface area contributed by atoms with Gasteiger partial charge in [0.1, 0.15) is 5.82 Å². The van der Waals surface area contributed by atoms with E-state index in [1.165, 1.54) is 12.4 Å². The minimum atomic E-state index is -0.401. The zero-order valence-electron chi connectivity index (χ0n) is 12.2. The fourth-order valence-corrected chi connectivity index (χ4v) is 2.15. The fourth-order valence-electron chi connectivity index (χ4n) is 1.96. The summed E-state index contributed by atoms with van der Waals surface area (Å²) in [4.78, 5) is 24.4. The number of nitrogens with one attached hydrogen (secondary N) is 2. The third-order valence-electron chi connectivity index (χ3n) is 3.02. The van der Waals surface area contributed by atoms with E-state index in [1.54, 1.807) is 41.2 Å². The van der Waals surface area contributed by atoms with Crippen LogP contribution in [0, 0.1) is 6.92 Å². The Morgan fingerprint density at radius 1 is 1.13 bits per heavy atom. The Hall–Kier alpha value is -2.93. The van der Waals surface area contributed by atoms with Gasteiger partial charge in [-0.2, -0.15) is 0 Å². The number of amides is 2. The van der Waals surface area contributed by atoms with E-state index in [9.17, 15) is 4.79 Å². The van der Waals surface area contributed by atoms with Crippen LogP contribution in [-0.2, 0) is 0 Å². The van der Waals surface area contributed by atoms with Crippen LogP contribution in [-0.4, -0.2) is 25.6 Å². The number of urea groups is 1. The Morgan fingerprint density at radius 3 is 2.52 bits per heavy atom. The first-order valence-corrected chi connectivity index (χ1v) is 7.15. The highest BCUT2D eigenvalue weighted by molar-refractivity contribution is 6.30. The molecule has 0 atom stereocenters. The zero-order valence-corrected chi connectivity index (χ0v) is 12.9. The van der Waals surface area contributed by atoms with Crippen molar-refractivity contribution in [2.45, 2.75) is 6.92 Å². The van der Waals surface area contributed by atoms with Crippen molar-refractivity contribution in [3.8, 4) is 5.95 Å². The highest BCUT2D eigenvalue weighted by atomic mass is 35.5. The molecule has 0 radical (unpaired) electrons. The Kier molecular flexibility index (Phi) is 4.20. The Labute approximate surface area is 137 Å². The maximum atomic E-state index is 11.9. The third-order valence-corrected chi connectivity index (χ3v) is 3.25. The monoisotopic (exact) mass is 328 g/mol. The second kappa shape index (κ2) is 6.45. The molecule has 3 rings (SSSR count). The summed E-state index contributed by atoms with van der Waals surface area (Å²) >= 11 is 5.87. The van der Waals surface area contributed by atoms with Crippen LogP contribution in [0.1, 0.15) is 5.82 Å². The largest absolute Gasteiger partial charge is 0.323 e. The lowest BCUT2D eigenvalue weighted by molar-refractivity contribution is 0.262. The fraction of sp³-hybridized carbons (Fsp3) is 0.0667. The lowest BCUT2D eigenvalue weighted by Gasteiger charge is -2.08. The molecule has 2 aromatic heterocycles. The highest BCUT2D eigenvalue weighted by Gasteiger charge is 2.06. The van der Waals surface area contributed by atoms with Crippen LogP contribution < -0.4 is 10.6 Å². The first-order valence-electron chi connectivity index (χ1n) is 6.78. The number of rotatable bonds is 3. The average molecular weight is 329 g/mol. The van der Waals surface area contributed by atoms with E-state index in [0.717, 1.165) is 5.82 Å². The third kappa shape index (κ3) is 3.64. The number of carbonyl (C=O) groups is 1. The van der Waals surface area contributed by atoms with Gasteiger partial charge in [-0.25, -0.2) is 19.7 Å². The van der Waals surface area contributed by atoms with Gasteiger partial charge < -0.3 is 10.6 Å². The van der Waals surface area contributed by atoms with Crippen LogP contribution in [0.2, 0.25) is 5.02 Å². The second-order valence-electron chi connectivity index (χ2n) is 4.71. The molecule has 2 amide bonds. The minimum absolute atomic E-state index is 0.401. The topological polar surface area (TPSA) is 84.7 Å². The molecule has 0 aliphatic carbocycles. The number of hydrogen-bond donors (Lipinski definition) is 2. The summed E-state index contributed by atoms with van der Waals surface area (Å²) in [5, 5.41) is 5.88. The van der Waals surface area contributed by atoms with Gasteiger partial charge in [-0.3, -0.25) is 4.57 Å². The van der Waals surface area contributed by atoms with E-state index in [0.29, 0.717) is 22.3 Å².